The number of H-pyrrole nitrogens is 1. The maximum atomic E-state index is 11.7. The van der Waals surface area contributed by atoms with Crippen molar-refractivity contribution < 1.29 is 9.53 Å². The van der Waals surface area contributed by atoms with Crippen molar-refractivity contribution in [3.8, 4) is 5.75 Å². The smallest absolute Gasteiger partial charge is 0.258 e. The Morgan fingerprint density at radius 3 is 2.90 bits per heavy atom. The van der Waals surface area contributed by atoms with Gasteiger partial charge in [0.15, 0.2) is 6.61 Å². The van der Waals surface area contributed by atoms with Crippen molar-refractivity contribution in [2.45, 2.75) is 20.4 Å². The summed E-state index contributed by atoms with van der Waals surface area (Å²) in [7, 11) is 0. The van der Waals surface area contributed by atoms with Gasteiger partial charge in [-0.2, -0.15) is 5.10 Å². The highest BCUT2D eigenvalue weighted by atomic mass is 79.9. The minimum Gasteiger partial charge on any atom is -0.483 e. The van der Waals surface area contributed by atoms with Crippen LogP contribution in [0.5, 0.6) is 5.75 Å². The number of amides is 1. The SMILES string of the molecule is Cc1ccc(OCC(=O)NCc2cn[nH]c2C)c(Br)c1. The highest BCUT2D eigenvalue weighted by Crippen LogP contribution is 2.25. The number of aromatic nitrogens is 2. The fourth-order valence-electron chi connectivity index (χ4n) is 1.66. The van der Waals surface area contributed by atoms with E-state index in [0.717, 1.165) is 21.3 Å². The monoisotopic (exact) mass is 337 g/mol. The molecule has 0 unspecified atom stereocenters. The molecule has 0 fully saturated rings. The fourth-order valence-corrected chi connectivity index (χ4v) is 2.27. The molecule has 0 radical (unpaired) electrons. The van der Waals surface area contributed by atoms with Crippen LogP contribution in [-0.2, 0) is 11.3 Å². The van der Waals surface area contributed by atoms with E-state index in [-0.39, 0.29) is 12.5 Å². The van der Waals surface area contributed by atoms with Crippen molar-refractivity contribution in [1.29, 1.82) is 0 Å². The number of hydrogen-bond donors (Lipinski definition) is 2. The minimum atomic E-state index is -0.168. The second-order valence-electron chi connectivity index (χ2n) is 4.52. The van der Waals surface area contributed by atoms with Crippen molar-refractivity contribution in [2.24, 2.45) is 0 Å². The van der Waals surface area contributed by atoms with Crippen LogP contribution in [0.15, 0.2) is 28.9 Å². The number of aryl methyl sites for hydroxylation is 2. The third-order valence-corrected chi connectivity index (χ3v) is 3.48. The molecule has 0 aliphatic heterocycles. The molecule has 0 aliphatic carbocycles. The first-order chi connectivity index (χ1) is 9.56. The van der Waals surface area contributed by atoms with Gasteiger partial charge in [-0.25, -0.2) is 0 Å². The van der Waals surface area contributed by atoms with Gasteiger partial charge in [-0.05, 0) is 47.5 Å². The molecule has 1 aromatic carbocycles. The second kappa shape index (κ2) is 6.56. The van der Waals surface area contributed by atoms with Gasteiger partial charge < -0.3 is 10.1 Å². The summed E-state index contributed by atoms with van der Waals surface area (Å²) < 4.78 is 6.31. The summed E-state index contributed by atoms with van der Waals surface area (Å²) in [5.41, 5.74) is 3.05. The number of ether oxygens (including phenoxy) is 1. The highest BCUT2D eigenvalue weighted by Gasteiger charge is 2.07. The van der Waals surface area contributed by atoms with E-state index in [1.807, 2.05) is 32.0 Å². The average molecular weight is 338 g/mol. The molecule has 106 valence electrons. The molecule has 0 spiro atoms. The summed E-state index contributed by atoms with van der Waals surface area (Å²) in [6.07, 6.45) is 1.70. The van der Waals surface area contributed by atoms with Crippen LogP contribution in [0.25, 0.3) is 0 Å². The van der Waals surface area contributed by atoms with E-state index in [2.05, 4.69) is 31.4 Å². The van der Waals surface area contributed by atoms with E-state index < -0.39 is 0 Å². The highest BCUT2D eigenvalue weighted by molar-refractivity contribution is 9.10. The van der Waals surface area contributed by atoms with Crippen molar-refractivity contribution in [2.75, 3.05) is 6.61 Å². The van der Waals surface area contributed by atoms with E-state index in [9.17, 15) is 4.79 Å². The third kappa shape index (κ3) is 3.84. The van der Waals surface area contributed by atoms with E-state index in [1.54, 1.807) is 6.20 Å². The molecule has 1 amide bonds. The number of aromatic amines is 1. The number of carbonyl (C=O) groups excluding carboxylic acids is 1. The van der Waals surface area contributed by atoms with Crippen LogP contribution in [0.3, 0.4) is 0 Å². The number of carbonyl (C=O) groups is 1. The topological polar surface area (TPSA) is 67.0 Å². The zero-order chi connectivity index (χ0) is 14.5. The lowest BCUT2D eigenvalue weighted by Crippen LogP contribution is -2.28. The molecular weight excluding hydrogens is 322 g/mol. The van der Waals surface area contributed by atoms with Crippen LogP contribution >= 0.6 is 15.9 Å². The number of hydrogen-bond acceptors (Lipinski definition) is 3. The lowest BCUT2D eigenvalue weighted by atomic mass is 10.2. The summed E-state index contributed by atoms with van der Waals surface area (Å²) in [6.45, 7) is 4.33. The second-order valence-corrected chi connectivity index (χ2v) is 5.37. The molecule has 0 saturated carbocycles. The Labute approximate surface area is 125 Å². The maximum absolute atomic E-state index is 11.7. The van der Waals surface area contributed by atoms with E-state index in [4.69, 9.17) is 4.74 Å². The molecule has 0 atom stereocenters. The Hall–Kier alpha value is -1.82. The van der Waals surface area contributed by atoms with Crippen LogP contribution in [0.4, 0.5) is 0 Å². The Morgan fingerprint density at radius 2 is 2.25 bits per heavy atom. The molecule has 1 heterocycles. The quantitative estimate of drug-likeness (QED) is 0.880. The summed E-state index contributed by atoms with van der Waals surface area (Å²) in [6, 6.07) is 5.72. The lowest BCUT2D eigenvalue weighted by molar-refractivity contribution is -0.123. The Bertz CT molecular complexity index is 610. The summed E-state index contributed by atoms with van der Waals surface area (Å²) in [5, 5.41) is 9.51. The first-order valence-electron chi connectivity index (χ1n) is 6.21. The van der Waals surface area contributed by atoms with Crippen LogP contribution in [0.1, 0.15) is 16.8 Å². The number of rotatable bonds is 5. The van der Waals surface area contributed by atoms with E-state index in [1.165, 1.54) is 0 Å². The van der Waals surface area contributed by atoms with Crippen molar-refractivity contribution in [3.05, 3.63) is 45.7 Å². The Morgan fingerprint density at radius 1 is 1.45 bits per heavy atom. The zero-order valence-corrected chi connectivity index (χ0v) is 13.0. The molecule has 1 aromatic heterocycles. The molecule has 0 bridgehead atoms. The molecule has 0 saturated heterocycles. The van der Waals surface area contributed by atoms with E-state index in [0.29, 0.717) is 12.3 Å². The molecule has 0 aliphatic rings. The van der Waals surface area contributed by atoms with Gasteiger partial charge in [0.05, 0.1) is 10.7 Å². The van der Waals surface area contributed by atoms with Crippen LogP contribution in [0.2, 0.25) is 0 Å². The Kier molecular flexibility index (Phi) is 4.79. The van der Waals surface area contributed by atoms with Gasteiger partial charge in [-0.15, -0.1) is 0 Å². The number of nitrogens with one attached hydrogen (secondary N) is 2. The minimum absolute atomic E-state index is 0.0153. The standard InChI is InChI=1S/C14H16BrN3O2/c1-9-3-4-13(12(15)5-9)20-8-14(19)16-6-11-7-17-18-10(11)2/h3-5,7H,6,8H2,1-2H3,(H,16,19)(H,17,18). The third-order valence-electron chi connectivity index (χ3n) is 2.86. The fraction of sp³-hybridized carbons (Fsp3) is 0.286. The predicted octanol–water partition coefficient (Wildman–Crippen LogP) is 2.48. The summed E-state index contributed by atoms with van der Waals surface area (Å²) in [5.74, 6) is 0.489. The zero-order valence-electron chi connectivity index (χ0n) is 11.4. The molecule has 6 heteroatoms. The van der Waals surface area contributed by atoms with Gasteiger partial charge >= 0.3 is 0 Å². The number of halogens is 1. The van der Waals surface area contributed by atoms with Gasteiger partial charge in [-0.1, -0.05) is 6.07 Å². The first-order valence-corrected chi connectivity index (χ1v) is 7.00. The van der Waals surface area contributed by atoms with Crippen LogP contribution in [0, 0.1) is 13.8 Å². The molecular formula is C14H16BrN3O2. The maximum Gasteiger partial charge on any atom is 0.258 e. The van der Waals surface area contributed by atoms with Gasteiger partial charge in [0.2, 0.25) is 0 Å². The molecule has 2 N–H and O–H groups in total. The van der Waals surface area contributed by atoms with Crippen molar-refractivity contribution in [1.82, 2.24) is 15.5 Å². The number of benzene rings is 1. The Balaban J connectivity index is 1.82. The van der Waals surface area contributed by atoms with Crippen LogP contribution in [-0.4, -0.2) is 22.7 Å². The largest absolute Gasteiger partial charge is 0.483 e. The first kappa shape index (κ1) is 14.6. The average Bonchev–Trinajstić information content (AvgIpc) is 2.81. The van der Waals surface area contributed by atoms with Crippen molar-refractivity contribution >= 4 is 21.8 Å². The van der Waals surface area contributed by atoms with E-state index >= 15 is 0 Å². The van der Waals surface area contributed by atoms with Crippen molar-refractivity contribution in [3.63, 3.8) is 0 Å². The molecule has 20 heavy (non-hydrogen) atoms. The van der Waals surface area contributed by atoms with Crippen LogP contribution < -0.4 is 10.1 Å². The van der Waals surface area contributed by atoms with Gasteiger partial charge in [0.25, 0.3) is 5.91 Å². The summed E-state index contributed by atoms with van der Waals surface area (Å²) in [4.78, 5) is 11.7. The molecule has 2 rings (SSSR count). The predicted molar refractivity (Wildman–Crippen MR) is 79.5 cm³/mol. The van der Waals surface area contributed by atoms with Gasteiger partial charge in [0, 0.05) is 17.8 Å². The lowest BCUT2D eigenvalue weighted by Gasteiger charge is -2.09. The summed E-state index contributed by atoms with van der Waals surface area (Å²) >= 11 is 3.41. The van der Waals surface area contributed by atoms with Gasteiger partial charge in [0.1, 0.15) is 5.75 Å². The molecule has 5 nitrogen and oxygen atoms in total. The van der Waals surface area contributed by atoms with Gasteiger partial charge in [-0.3, -0.25) is 9.89 Å². The normalized spacial score (nSPS) is 10.3. The number of nitrogens with zero attached hydrogens (tertiary/aromatic N) is 1. The molecule has 2 aromatic rings.